The van der Waals surface area contributed by atoms with Crippen LogP contribution in [0.2, 0.25) is 10.1 Å². The van der Waals surface area contributed by atoms with Gasteiger partial charge in [-0.3, -0.25) is 14.3 Å². The van der Waals surface area contributed by atoms with Crippen molar-refractivity contribution in [1.29, 1.82) is 0 Å². The predicted octanol–water partition coefficient (Wildman–Crippen LogP) is 3.31. The Balaban J connectivity index is 1.90. The first-order valence-electron chi connectivity index (χ1n) is 9.15. The SMILES string of the molecule is Cc1cn([C@H]2C[C@@H]3O[Si](C(C)(C)C)(C(C)(C)C)OC[C@H]3S2)c(=O)[nH]c1=O. The number of rotatable bonds is 1. The second-order valence-electron chi connectivity index (χ2n) is 9.43. The third-order valence-electron chi connectivity index (χ3n) is 5.38. The number of nitrogens with zero attached hydrogens (tertiary/aromatic N) is 1. The van der Waals surface area contributed by atoms with Gasteiger partial charge in [-0.1, -0.05) is 41.5 Å². The van der Waals surface area contributed by atoms with Crippen molar-refractivity contribution in [2.45, 2.75) is 81.7 Å². The van der Waals surface area contributed by atoms with Gasteiger partial charge in [0.2, 0.25) is 0 Å². The van der Waals surface area contributed by atoms with Crippen LogP contribution in [0.25, 0.3) is 0 Å². The standard InChI is InChI=1S/C18H30N2O4SSi/c1-11-9-20(16(22)19-15(11)21)14-8-12-13(25-14)10-23-26(24-12,17(2,3)4)18(5,6)7/h9,12-14H,8,10H2,1-7H3,(H,19,21,22)/t12-,13+,14+/m0/s1. The van der Waals surface area contributed by atoms with E-state index in [0.717, 1.165) is 6.42 Å². The first-order valence-corrected chi connectivity index (χ1v) is 11.9. The number of fused-ring (bicyclic) bond motifs is 1. The lowest BCUT2D eigenvalue weighted by Gasteiger charge is -2.53. The van der Waals surface area contributed by atoms with Crippen molar-refractivity contribution in [2.75, 3.05) is 6.61 Å². The summed E-state index contributed by atoms with van der Waals surface area (Å²) in [6, 6.07) is 0. The second kappa shape index (κ2) is 6.36. The molecular weight excluding hydrogens is 368 g/mol. The van der Waals surface area contributed by atoms with Gasteiger partial charge in [-0.25, -0.2) is 4.79 Å². The first kappa shape index (κ1) is 19.9. The predicted molar refractivity (Wildman–Crippen MR) is 107 cm³/mol. The van der Waals surface area contributed by atoms with Gasteiger partial charge in [-0.2, -0.15) is 0 Å². The van der Waals surface area contributed by atoms with E-state index in [1.165, 1.54) is 0 Å². The largest absolute Gasteiger partial charge is 0.392 e. The van der Waals surface area contributed by atoms with E-state index in [1.54, 1.807) is 29.4 Å². The number of hydrogen-bond donors (Lipinski definition) is 1. The average Bonchev–Trinajstić information content (AvgIpc) is 2.91. The van der Waals surface area contributed by atoms with E-state index >= 15 is 0 Å². The summed E-state index contributed by atoms with van der Waals surface area (Å²) in [5.41, 5.74) is -0.128. The summed E-state index contributed by atoms with van der Waals surface area (Å²) in [5, 5.41) is 0.0697. The van der Waals surface area contributed by atoms with E-state index in [4.69, 9.17) is 8.85 Å². The number of hydrogen-bond acceptors (Lipinski definition) is 5. The van der Waals surface area contributed by atoms with E-state index in [2.05, 4.69) is 46.5 Å². The molecule has 2 aliphatic heterocycles. The number of aromatic nitrogens is 2. The fraction of sp³-hybridized carbons (Fsp3) is 0.778. The van der Waals surface area contributed by atoms with Crippen LogP contribution in [-0.4, -0.2) is 36.1 Å². The van der Waals surface area contributed by atoms with Crippen molar-refractivity contribution < 1.29 is 8.85 Å². The second-order valence-corrected chi connectivity index (χ2v) is 15.6. The molecule has 8 heteroatoms. The van der Waals surface area contributed by atoms with E-state index in [-0.39, 0.29) is 38.1 Å². The van der Waals surface area contributed by atoms with Crippen molar-refractivity contribution in [3.05, 3.63) is 32.6 Å². The molecule has 2 aliphatic rings. The summed E-state index contributed by atoms with van der Waals surface area (Å²) in [4.78, 5) is 26.3. The van der Waals surface area contributed by atoms with Gasteiger partial charge in [0, 0.05) is 28.3 Å². The molecule has 3 rings (SSSR count). The molecule has 0 spiro atoms. The van der Waals surface area contributed by atoms with Crippen molar-refractivity contribution >= 4 is 20.3 Å². The van der Waals surface area contributed by atoms with Crippen molar-refractivity contribution in [3.63, 3.8) is 0 Å². The lowest BCUT2D eigenvalue weighted by molar-refractivity contribution is 0.0260. The maximum absolute atomic E-state index is 12.3. The molecule has 1 aromatic heterocycles. The molecule has 6 nitrogen and oxygen atoms in total. The Morgan fingerprint density at radius 3 is 2.38 bits per heavy atom. The number of aromatic amines is 1. The van der Waals surface area contributed by atoms with E-state index in [9.17, 15) is 9.59 Å². The highest BCUT2D eigenvalue weighted by Gasteiger charge is 2.63. The van der Waals surface area contributed by atoms with Gasteiger partial charge in [0.15, 0.2) is 0 Å². The molecule has 0 unspecified atom stereocenters. The van der Waals surface area contributed by atoms with Gasteiger partial charge in [0.05, 0.1) is 23.3 Å². The number of H-pyrrole nitrogens is 1. The number of thioether (sulfide) groups is 1. The van der Waals surface area contributed by atoms with E-state index in [0.29, 0.717) is 12.2 Å². The molecule has 26 heavy (non-hydrogen) atoms. The van der Waals surface area contributed by atoms with Crippen molar-refractivity contribution in [3.8, 4) is 0 Å². The molecule has 0 aromatic carbocycles. The molecule has 146 valence electrons. The summed E-state index contributed by atoms with van der Waals surface area (Å²) in [7, 11) is -2.49. The maximum atomic E-state index is 12.3. The topological polar surface area (TPSA) is 73.3 Å². The highest BCUT2D eigenvalue weighted by Crippen LogP contribution is 2.57. The smallest absolute Gasteiger partial charge is 0.349 e. The first-order chi connectivity index (χ1) is 11.9. The van der Waals surface area contributed by atoms with Gasteiger partial charge in [-0.05, 0) is 6.92 Å². The minimum Gasteiger partial charge on any atom is -0.392 e. The zero-order valence-electron chi connectivity index (χ0n) is 16.7. The normalized spacial score (nSPS) is 28.8. The summed E-state index contributed by atoms with van der Waals surface area (Å²) in [6.45, 7) is 15.6. The lowest BCUT2D eigenvalue weighted by atomic mass is 10.2. The van der Waals surface area contributed by atoms with Crippen LogP contribution in [-0.2, 0) is 8.85 Å². The molecule has 2 saturated heterocycles. The summed E-state index contributed by atoms with van der Waals surface area (Å²) in [5.74, 6) is 0. The molecule has 1 aromatic rings. The Morgan fingerprint density at radius 1 is 1.19 bits per heavy atom. The van der Waals surface area contributed by atoms with Crippen LogP contribution in [0.15, 0.2) is 15.8 Å². The quantitative estimate of drug-likeness (QED) is 0.735. The monoisotopic (exact) mass is 398 g/mol. The molecular formula is C18H30N2O4SSi. The van der Waals surface area contributed by atoms with Crippen LogP contribution in [0.3, 0.4) is 0 Å². The fourth-order valence-corrected chi connectivity index (χ4v) is 11.0. The zero-order valence-corrected chi connectivity index (χ0v) is 18.5. The molecule has 0 saturated carbocycles. The minimum atomic E-state index is -2.49. The third-order valence-corrected chi connectivity index (χ3v) is 12.1. The van der Waals surface area contributed by atoms with Gasteiger partial charge < -0.3 is 8.85 Å². The Kier molecular flexibility index (Phi) is 4.87. The van der Waals surface area contributed by atoms with Gasteiger partial charge in [-0.15, -0.1) is 11.8 Å². The average molecular weight is 399 g/mol. The van der Waals surface area contributed by atoms with Crippen LogP contribution in [0.1, 0.15) is 58.9 Å². The molecule has 1 N–H and O–H groups in total. The molecule has 0 aliphatic carbocycles. The van der Waals surface area contributed by atoms with E-state index in [1.807, 2.05) is 0 Å². The van der Waals surface area contributed by atoms with Crippen molar-refractivity contribution in [2.24, 2.45) is 0 Å². The number of nitrogens with one attached hydrogen (secondary N) is 1. The van der Waals surface area contributed by atoms with Gasteiger partial charge in [0.1, 0.15) is 0 Å². The molecule has 0 radical (unpaired) electrons. The van der Waals surface area contributed by atoms with Crippen LogP contribution >= 0.6 is 11.8 Å². The molecule has 2 fully saturated rings. The lowest BCUT2D eigenvalue weighted by Crippen LogP contribution is -2.63. The molecule has 0 bridgehead atoms. The maximum Gasteiger partial charge on any atom is 0.349 e. The minimum absolute atomic E-state index is 0.0404. The van der Waals surface area contributed by atoms with Gasteiger partial charge in [0.25, 0.3) is 5.56 Å². The molecule has 0 amide bonds. The van der Waals surface area contributed by atoms with Crippen LogP contribution in [0, 0.1) is 6.92 Å². The molecule has 3 atom stereocenters. The number of aryl methyl sites for hydroxylation is 1. The summed E-state index contributed by atoms with van der Waals surface area (Å²) < 4.78 is 14.9. The Morgan fingerprint density at radius 2 is 1.81 bits per heavy atom. The Labute approximate surface area is 159 Å². The van der Waals surface area contributed by atoms with Crippen LogP contribution in [0.4, 0.5) is 0 Å². The highest BCUT2D eigenvalue weighted by atomic mass is 32.2. The van der Waals surface area contributed by atoms with Crippen LogP contribution in [0.5, 0.6) is 0 Å². The zero-order chi connectivity index (χ0) is 19.5. The van der Waals surface area contributed by atoms with Gasteiger partial charge >= 0.3 is 14.3 Å². The fourth-order valence-electron chi connectivity index (χ4n) is 4.30. The van der Waals surface area contributed by atoms with E-state index < -0.39 is 8.56 Å². The van der Waals surface area contributed by atoms with Crippen molar-refractivity contribution in [1.82, 2.24) is 9.55 Å². The Hall–Kier alpha value is -0.833. The van der Waals surface area contributed by atoms with Crippen LogP contribution < -0.4 is 11.2 Å². The summed E-state index contributed by atoms with van der Waals surface area (Å²) >= 11 is 1.71. The highest BCUT2D eigenvalue weighted by molar-refractivity contribution is 8.00. The molecule has 3 heterocycles. The summed E-state index contributed by atoms with van der Waals surface area (Å²) in [6.07, 6.45) is 2.49. The third kappa shape index (κ3) is 3.14. The Bertz CT molecular complexity index is 791.